The first-order chi connectivity index (χ1) is 7.77. The molecule has 0 bridgehead atoms. The molecule has 0 aromatic heterocycles. The first kappa shape index (κ1) is 12.3. The zero-order chi connectivity index (χ0) is 11.8. The molecule has 0 fully saturated rings. The molecule has 86 valence electrons. The van der Waals surface area contributed by atoms with Gasteiger partial charge >= 0.3 is 5.97 Å². The SMILES string of the molecule is C=COC(CCC)OC(=O)c1ccccc1. The van der Waals surface area contributed by atoms with E-state index in [1.165, 1.54) is 6.26 Å². The van der Waals surface area contributed by atoms with E-state index in [4.69, 9.17) is 9.47 Å². The highest BCUT2D eigenvalue weighted by Gasteiger charge is 2.14. The summed E-state index contributed by atoms with van der Waals surface area (Å²) in [6, 6.07) is 8.85. The number of rotatable bonds is 6. The lowest BCUT2D eigenvalue weighted by Gasteiger charge is -2.16. The smallest absolute Gasteiger partial charge is 0.341 e. The van der Waals surface area contributed by atoms with Gasteiger partial charge in [0.05, 0.1) is 11.8 Å². The second-order valence-corrected chi connectivity index (χ2v) is 3.29. The van der Waals surface area contributed by atoms with Crippen molar-refractivity contribution in [2.45, 2.75) is 26.1 Å². The topological polar surface area (TPSA) is 35.5 Å². The van der Waals surface area contributed by atoms with Crippen LogP contribution >= 0.6 is 0 Å². The number of carbonyl (C=O) groups excluding carboxylic acids is 1. The van der Waals surface area contributed by atoms with Crippen LogP contribution in [0.4, 0.5) is 0 Å². The summed E-state index contributed by atoms with van der Waals surface area (Å²) in [7, 11) is 0. The molecule has 1 aromatic rings. The van der Waals surface area contributed by atoms with Crippen molar-refractivity contribution in [3.05, 3.63) is 48.7 Å². The maximum atomic E-state index is 11.7. The number of hydrogen-bond acceptors (Lipinski definition) is 3. The Morgan fingerprint density at radius 1 is 1.44 bits per heavy atom. The van der Waals surface area contributed by atoms with E-state index in [0.29, 0.717) is 12.0 Å². The Hall–Kier alpha value is -1.77. The standard InChI is InChI=1S/C13H16O3/c1-3-8-12(15-4-2)16-13(14)11-9-6-5-7-10-11/h4-7,9-10,12H,2-3,8H2,1H3. The van der Waals surface area contributed by atoms with Crippen molar-refractivity contribution in [2.75, 3.05) is 0 Å². The minimum atomic E-state index is -0.546. The first-order valence-electron chi connectivity index (χ1n) is 5.30. The second-order valence-electron chi connectivity index (χ2n) is 3.29. The molecule has 0 aliphatic rings. The van der Waals surface area contributed by atoms with E-state index >= 15 is 0 Å². The molecule has 0 N–H and O–H groups in total. The zero-order valence-electron chi connectivity index (χ0n) is 9.39. The summed E-state index contributed by atoms with van der Waals surface area (Å²) in [6.45, 7) is 5.45. The summed E-state index contributed by atoms with van der Waals surface area (Å²) in [5.74, 6) is -0.374. The molecule has 16 heavy (non-hydrogen) atoms. The lowest BCUT2D eigenvalue weighted by Crippen LogP contribution is -2.19. The fourth-order valence-corrected chi connectivity index (χ4v) is 1.26. The van der Waals surface area contributed by atoms with Gasteiger partial charge in [-0.25, -0.2) is 4.79 Å². The Bertz CT molecular complexity index is 332. The molecule has 0 heterocycles. The Labute approximate surface area is 95.7 Å². The molecule has 0 aliphatic carbocycles. The van der Waals surface area contributed by atoms with Gasteiger partial charge in [-0.05, 0) is 18.6 Å². The summed E-state index contributed by atoms with van der Waals surface area (Å²) in [4.78, 5) is 11.7. The van der Waals surface area contributed by atoms with Crippen molar-refractivity contribution in [1.82, 2.24) is 0 Å². The molecular formula is C13H16O3. The maximum Gasteiger partial charge on any atom is 0.341 e. The van der Waals surface area contributed by atoms with Gasteiger partial charge in [-0.2, -0.15) is 0 Å². The summed E-state index contributed by atoms with van der Waals surface area (Å²) in [5, 5.41) is 0. The van der Waals surface area contributed by atoms with Gasteiger partial charge in [0.2, 0.25) is 6.29 Å². The van der Waals surface area contributed by atoms with Crippen LogP contribution in [0.25, 0.3) is 0 Å². The van der Waals surface area contributed by atoms with Crippen molar-refractivity contribution < 1.29 is 14.3 Å². The van der Waals surface area contributed by atoms with Crippen molar-refractivity contribution in [1.29, 1.82) is 0 Å². The van der Waals surface area contributed by atoms with Crippen LogP contribution in [0.3, 0.4) is 0 Å². The fraction of sp³-hybridized carbons (Fsp3) is 0.308. The zero-order valence-corrected chi connectivity index (χ0v) is 9.39. The van der Waals surface area contributed by atoms with E-state index in [1.807, 2.05) is 13.0 Å². The Kier molecular flexibility index (Phi) is 5.12. The molecule has 1 aromatic carbocycles. The van der Waals surface area contributed by atoms with Crippen LogP contribution < -0.4 is 0 Å². The Balaban J connectivity index is 2.57. The van der Waals surface area contributed by atoms with Gasteiger partial charge in [0.15, 0.2) is 0 Å². The first-order valence-corrected chi connectivity index (χ1v) is 5.30. The summed E-state index contributed by atoms with van der Waals surface area (Å²) < 4.78 is 10.3. The van der Waals surface area contributed by atoms with Crippen LogP contribution in [0, 0.1) is 0 Å². The third kappa shape index (κ3) is 3.77. The molecular weight excluding hydrogens is 204 g/mol. The highest BCUT2D eigenvalue weighted by atomic mass is 16.7. The van der Waals surface area contributed by atoms with Gasteiger partial charge in [0.25, 0.3) is 0 Å². The molecule has 0 saturated heterocycles. The summed E-state index contributed by atoms with van der Waals surface area (Å²) >= 11 is 0. The molecule has 1 atom stereocenters. The summed E-state index contributed by atoms with van der Waals surface area (Å²) in [5.41, 5.74) is 0.524. The van der Waals surface area contributed by atoms with Gasteiger partial charge in [-0.15, -0.1) is 0 Å². The van der Waals surface area contributed by atoms with Crippen LogP contribution in [0.5, 0.6) is 0 Å². The number of carbonyl (C=O) groups is 1. The number of esters is 1. The predicted molar refractivity (Wildman–Crippen MR) is 61.8 cm³/mol. The lowest BCUT2D eigenvalue weighted by atomic mass is 10.2. The average Bonchev–Trinajstić information content (AvgIpc) is 2.31. The molecule has 0 saturated carbocycles. The third-order valence-corrected chi connectivity index (χ3v) is 2.02. The van der Waals surface area contributed by atoms with Gasteiger partial charge in [-0.3, -0.25) is 0 Å². The minimum Gasteiger partial charge on any atom is -0.463 e. The molecule has 1 unspecified atom stereocenters. The highest BCUT2D eigenvalue weighted by Crippen LogP contribution is 2.09. The molecule has 0 radical (unpaired) electrons. The van der Waals surface area contributed by atoms with Crippen LogP contribution in [0.2, 0.25) is 0 Å². The monoisotopic (exact) mass is 220 g/mol. The van der Waals surface area contributed by atoms with E-state index in [2.05, 4.69) is 6.58 Å². The van der Waals surface area contributed by atoms with Crippen molar-refractivity contribution >= 4 is 5.97 Å². The molecule has 0 spiro atoms. The molecule has 3 heteroatoms. The van der Waals surface area contributed by atoms with E-state index in [1.54, 1.807) is 24.3 Å². The Morgan fingerprint density at radius 3 is 2.69 bits per heavy atom. The van der Waals surface area contributed by atoms with Gasteiger partial charge in [-0.1, -0.05) is 31.7 Å². The largest absolute Gasteiger partial charge is 0.463 e. The number of hydrogen-bond donors (Lipinski definition) is 0. The fourth-order valence-electron chi connectivity index (χ4n) is 1.26. The van der Waals surface area contributed by atoms with E-state index in [9.17, 15) is 4.79 Å². The van der Waals surface area contributed by atoms with Crippen LogP contribution in [0.1, 0.15) is 30.1 Å². The quantitative estimate of drug-likeness (QED) is 0.420. The molecule has 1 rings (SSSR count). The summed E-state index contributed by atoms with van der Waals surface area (Å²) in [6.07, 6.45) is 2.28. The molecule has 3 nitrogen and oxygen atoms in total. The minimum absolute atomic E-state index is 0.374. The van der Waals surface area contributed by atoms with Crippen LogP contribution in [-0.2, 0) is 9.47 Å². The van der Waals surface area contributed by atoms with E-state index < -0.39 is 6.29 Å². The highest BCUT2D eigenvalue weighted by molar-refractivity contribution is 5.89. The van der Waals surface area contributed by atoms with Gasteiger partial charge in [0.1, 0.15) is 0 Å². The third-order valence-electron chi connectivity index (χ3n) is 2.02. The van der Waals surface area contributed by atoms with Gasteiger partial charge < -0.3 is 9.47 Å². The van der Waals surface area contributed by atoms with Gasteiger partial charge in [0, 0.05) is 6.42 Å². The van der Waals surface area contributed by atoms with Crippen molar-refractivity contribution in [3.63, 3.8) is 0 Å². The molecule has 0 amide bonds. The van der Waals surface area contributed by atoms with Crippen LogP contribution in [0.15, 0.2) is 43.2 Å². The molecule has 0 aliphatic heterocycles. The lowest BCUT2D eigenvalue weighted by molar-refractivity contribution is -0.0759. The number of benzene rings is 1. The van der Waals surface area contributed by atoms with E-state index in [-0.39, 0.29) is 5.97 Å². The average molecular weight is 220 g/mol. The van der Waals surface area contributed by atoms with Crippen molar-refractivity contribution in [3.8, 4) is 0 Å². The normalized spacial score (nSPS) is 11.6. The predicted octanol–water partition coefficient (Wildman–Crippen LogP) is 3.13. The maximum absolute atomic E-state index is 11.7. The number of ether oxygens (including phenoxy) is 2. The Morgan fingerprint density at radius 2 is 2.12 bits per heavy atom. The van der Waals surface area contributed by atoms with Crippen molar-refractivity contribution in [2.24, 2.45) is 0 Å². The van der Waals surface area contributed by atoms with E-state index in [0.717, 1.165) is 6.42 Å². The second kappa shape index (κ2) is 6.67. The van der Waals surface area contributed by atoms with Crippen LogP contribution in [-0.4, -0.2) is 12.3 Å².